The normalized spacial score (nSPS) is 10.5. The number of halogens is 1. The van der Waals surface area contributed by atoms with Crippen LogP contribution in [0, 0.1) is 6.92 Å². The van der Waals surface area contributed by atoms with E-state index < -0.39 is 0 Å². The number of thiophene rings is 1. The van der Waals surface area contributed by atoms with Crippen LogP contribution in [0.4, 0.5) is 5.82 Å². The molecule has 90 valence electrons. The molecule has 0 atom stereocenters. The first kappa shape index (κ1) is 12.1. The monoisotopic (exact) mass is 269 g/mol. The van der Waals surface area contributed by atoms with Crippen molar-refractivity contribution in [3.05, 3.63) is 32.6 Å². The fourth-order valence-electron chi connectivity index (χ4n) is 1.36. The van der Waals surface area contributed by atoms with Gasteiger partial charge < -0.3 is 5.32 Å². The minimum atomic E-state index is -0.220. The van der Waals surface area contributed by atoms with Crippen molar-refractivity contribution >= 4 is 34.7 Å². The van der Waals surface area contributed by atoms with Gasteiger partial charge in [0, 0.05) is 11.8 Å². The lowest BCUT2D eigenvalue weighted by Gasteiger charge is -1.99. The number of aromatic nitrogens is 2. The van der Waals surface area contributed by atoms with Crippen LogP contribution in [0.15, 0.2) is 11.4 Å². The molecule has 0 radical (unpaired) electrons. The molecule has 0 spiro atoms. The van der Waals surface area contributed by atoms with E-state index in [9.17, 15) is 4.79 Å². The van der Waals surface area contributed by atoms with Gasteiger partial charge in [0.25, 0.3) is 5.91 Å². The molecule has 2 aromatic heterocycles. The number of hydrogen-bond donors (Lipinski definition) is 2. The summed E-state index contributed by atoms with van der Waals surface area (Å²) in [5, 5.41) is 11.9. The highest BCUT2D eigenvalue weighted by atomic mass is 35.5. The maximum atomic E-state index is 11.9. The lowest BCUT2D eigenvalue weighted by atomic mass is 10.3. The quantitative estimate of drug-likeness (QED) is 0.899. The highest BCUT2D eigenvalue weighted by Crippen LogP contribution is 2.27. The van der Waals surface area contributed by atoms with Crippen molar-refractivity contribution in [1.29, 1.82) is 0 Å². The maximum absolute atomic E-state index is 11.9. The van der Waals surface area contributed by atoms with E-state index in [-0.39, 0.29) is 5.91 Å². The van der Waals surface area contributed by atoms with E-state index in [1.54, 1.807) is 0 Å². The zero-order valence-electron chi connectivity index (χ0n) is 9.50. The Bertz CT molecular complexity index is 547. The van der Waals surface area contributed by atoms with Crippen molar-refractivity contribution in [3.8, 4) is 0 Å². The van der Waals surface area contributed by atoms with Gasteiger partial charge in [-0.15, -0.1) is 11.3 Å². The minimum absolute atomic E-state index is 0.220. The van der Waals surface area contributed by atoms with Gasteiger partial charge in [-0.1, -0.05) is 18.5 Å². The summed E-state index contributed by atoms with van der Waals surface area (Å²) in [6.45, 7) is 3.89. The van der Waals surface area contributed by atoms with Crippen LogP contribution in [0.25, 0.3) is 0 Å². The van der Waals surface area contributed by atoms with Crippen LogP contribution in [0.2, 0.25) is 5.02 Å². The van der Waals surface area contributed by atoms with E-state index in [1.807, 2.05) is 25.3 Å². The fraction of sp³-hybridized carbons (Fsp3) is 0.273. The average molecular weight is 270 g/mol. The average Bonchev–Trinajstić information content (AvgIpc) is 2.88. The second-order valence-electron chi connectivity index (χ2n) is 3.65. The number of anilines is 1. The molecule has 2 aromatic rings. The Morgan fingerprint density at radius 1 is 1.65 bits per heavy atom. The summed E-state index contributed by atoms with van der Waals surface area (Å²) < 4.78 is 0. The predicted molar refractivity (Wildman–Crippen MR) is 70.0 cm³/mol. The van der Waals surface area contributed by atoms with Crippen LogP contribution in [0.5, 0.6) is 0 Å². The molecule has 4 nitrogen and oxygen atoms in total. The zero-order chi connectivity index (χ0) is 12.4. The van der Waals surface area contributed by atoms with Crippen LogP contribution in [0.3, 0.4) is 0 Å². The van der Waals surface area contributed by atoms with E-state index >= 15 is 0 Å². The molecule has 0 bridgehead atoms. The third-order valence-electron chi connectivity index (χ3n) is 2.36. The standard InChI is InChI=1S/C11H12ClN3OS/c1-3-7-4-8(15-14-7)13-11(16)10-9(12)6(2)5-17-10/h4-5H,3H2,1-2H3,(H2,13,14,15,16). The fourth-order valence-corrected chi connectivity index (χ4v) is 2.54. The van der Waals surface area contributed by atoms with Gasteiger partial charge in [-0.05, 0) is 24.3 Å². The molecule has 2 heterocycles. The van der Waals surface area contributed by atoms with Crippen molar-refractivity contribution in [2.45, 2.75) is 20.3 Å². The molecule has 0 fully saturated rings. The molecule has 0 saturated heterocycles. The first-order valence-electron chi connectivity index (χ1n) is 5.21. The summed E-state index contributed by atoms with van der Waals surface area (Å²) in [4.78, 5) is 12.4. The first-order valence-corrected chi connectivity index (χ1v) is 6.46. The lowest BCUT2D eigenvalue weighted by molar-refractivity contribution is 0.103. The number of amides is 1. The SMILES string of the molecule is CCc1cc(NC(=O)c2scc(C)c2Cl)n[nH]1. The Labute approximate surface area is 108 Å². The third kappa shape index (κ3) is 2.50. The second-order valence-corrected chi connectivity index (χ2v) is 4.91. The smallest absolute Gasteiger partial charge is 0.268 e. The number of carbonyl (C=O) groups is 1. The Morgan fingerprint density at radius 3 is 2.94 bits per heavy atom. The van der Waals surface area contributed by atoms with Gasteiger partial charge in [-0.25, -0.2) is 0 Å². The van der Waals surface area contributed by atoms with Crippen LogP contribution >= 0.6 is 22.9 Å². The molecular weight excluding hydrogens is 258 g/mol. The van der Waals surface area contributed by atoms with E-state index in [0.29, 0.717) is 15.7 Å². The molecule has 0 aromatic carbocycles. The molecule has 6 heteroatoms. The molecule has 0 saturated carbocycles. The molecular formula is C11H12ClN3OS. The van der Waals surface area contributed by atoms with E-state index in [1.165, 1.54) is 11.3 Å². The minimum Gasteiger partial charge on any atom is -0.304 e. The molecule has 17 heavy (non-hydrogen) atoms. The summed E-state index contributed by atoms with van der Waals surface area (Å²) >= 11 is 7.36. The summed E-state index contributed by atoms with van der Waals surface area (Å²) in [6, 6.07) is 1.81. The van der Waals surface area contributed by atoms with Crippen LogP contribution in [-0.2, 0) is 6.42 Å². The summed E-state index contributed by atoms with van der Waals surface area (Å²) in [7, 11) is 0. The summed E-state index contributed by atoms with van der Waals surface area (Å²) in [5.41, 5.74) is 1.90. The van der Waals surface area contributed by atoms with Crippen LogP contribution in [0.1, 0.15) is 27.9 Å². The topological polar surface area (TPSA) is 57.8 Å². The highest BCUT2D eigenvalue weighted by molar-refractivity contribution is 7.13. The Kier molecular flexibility index (Phi) is 3.49. The number of carbonyl (C=O) groups excluding carboxylic acids is 1. The number of H-pyrrole nitrogens is 1. The molecule has 0 aliphatic carbocycles. The van der Waals surface area contributed by atoms with Gasteiger partial charge in [0.2, 0.25) is 0 Å². The van der Waals surface area contributed by atoms with Crippen LogP contribution in [-0.4, -0.2) is 16.1 Å². The van der Waals surface area contributed by atoms with Crippen molar-refractivity contribution < 1.29 is 4.79 Å². The third-order valence-corrected chi connectivity index (χ3v) is 4.05. The summed E-state index contributed by atoms with van der Waals surface area (Å²) in [5.74, 6) is 0.302. The molecule has 0 aliphatic rings. The predicted octanol–water partition coefficient (Wildman–Crippen LogP) is 3.25. The molecule has 2 rings (SSSR count). The van der Waals surface area contributed by atoms with Gasteiger partial charge in [0.15, 0.2) is 5.82 Å². The van der Waals surface area contributed by atoms with Crippen molar-refractivity contribution in [1.82, 2.24) is 10.2 Å². The van der Waals surface area contributed by atoms with Gasteiger partial charge in [0.1, 0.15) is 4.88 Å². The van der Waals surface area contributed by atoms with Crippen molar-refractivity contribution in [3.63, 3.8) is 0 Å². The van der Waals surface area contributed by atoms with E-state index in [2.05, 4.69) is 15.5 Å². The van der Waals surface area contributed by atoms with Crippen molar-refractivity contribution in [2.75, 3.05) is 5.32 Å². The van der Waals surface area contributed by atoms with Gasteiger partial charge >= 0.3 is 0 Å². The van der Waals surface area contributed by atoms with Gasteiger partial charge in [0.05, 0.1) is 5.02 Å². The molecule has 0 unspecified atom stereocenters. The number of aromatic amines is 1. The Hall–Kier alpha value is -1.33. The molecule has 0 aliphatic heterocycles. The Morgan fingerprint density at radius 2 is 2.41 bits per heavy atom. The first-order chi connectivity index (χ1) is 8.11. The maximum Gasteiger partial charge on any atom is 0.268 e. The van der Waals surface area contributed by atoms with E-state index in [4.69, 9.17) is 11.6 Å². The van der Waals surface area contributed by atoms with Crippen molar-refractivity contribution in [2.24, 2.45) is 0 Å². The second kappa shape index (κ2) is 4.89. The number of nitrogens with one attached hydrogen (secondary N) is 2. The highest BCUT2D eigenvalue weighted by Gasteiger charge is 2.15. The molecule has 1 amide bonds. The van der Waals surface area contributed by atoms with E-state index in [0.717, 1.165) is 17.7 Å². The largest absolute Gasteiger partial charge is 0.304 e. The molecule has 2 N–H and O–H groups in total. The lowest BCUT2D eigenvalue weighted by Crippen LogP contribution is -2.10. The van der Waals surface area contributed by atoms with Gasteiger partial charge in [-0.2, -0.15) is 5.10 Å². The number of hydrogen-bond acceptors (Lipinski definition) is 3. The van der Waals surface area contributed by atoms with Crippen LogP contribution < -0.4 is 5.32 Å². The number of rotatable bonds is 3. The van der Waals surface area contributed by atoms with Gasteiger partial charge in [-0.3, -0.25) is 9.89 Å². The zero-order valence-corrected chi connectivity index (χ0v) is 11.1. The summed E-state index contributed by atoms with van der Waals surface area (Å²) in [6.07, 6.45) is 0.849. The Balaban J connectivity index is 2.14. The number of aryl methyl sites for hydroxylation is 2. The number of nitrogens with zero attached hydrogens (tertiary/aromatic N) is 1.